The minimum absolute atomic E-state index is 0.0370. The van der Waals surface area contributed by atoms with Crippen LogP contribution in [-0.4, -0.2) is 68.9 Å². The van der Waals surface area contributed by atoms with E-state index in [1.54, 1.807) is 11.4 Å². The van der Waals surface area contributed by atoms with Gasteiger partial charge in [0.15, 0.2) is 0 Å². The van der Waals surface area contributed by atoms with Gasteiger partial charge >= 0.3 is 0 Å². The van der Waals surface area contributed by atoms with Crippen molar-refractivity contribution in [3.05, 3.63) is 17.5 Å². The maximum atomic E-state index is 12.0. The lowest BCUT2D eigenvalue weighted by Gasteiger charge is -2.42. The van der Waals surface area contributed by atoms with Crippen LogP contribution >= 0.6 is 0 Å². The van der Waals surface area contributed by atoms with Crippen LogP contribution in [0.25, 0.3) is 0 Å². The van der Waals surface area contributed by atoms with E-state index in [0.29, 0.717) is 19.7 Å². The van der Waals surface area contributed by atoms with Crippen LogP contribution in [0.4, 0.5) is 0 Å². The Bertz CT molecular complexity index is 665. The van der Waals surface area contributed by atoms with Crippen LogP contribution in [0.5, 0.6) is 0 Å². The van der Waals surface area contributed by atoms with Gasteiger partial charge in [0.25, 0.3) is 0 Å². The fraction of sp³-hybridized carbons (Fsp3) is 0.812. The number of aromatic nitrogens is 1. The second-order valence-corrected chi connectivity index (χ2v) is 9.26. The molecule has 1 aromatic heterocycles. The zero-order valence-electron chi connectivity index (χ0n) is 14.7. The maximum absolute atomic E-state index is 12.0. The Kier molecular flexibility index (Phi) is 5.01. The summed E-state index contributed by atoms with van der Waals surface area (Å²) in [7, 11) is -1.45. The molecule has 2 aliphatic rings. The van der Waals surface area contributed by atoms with Gasteiger partial charge in [0.05, 0.1) is 18.6 Å². The number of hydrogen-bond acceptors (Lipinski definition) is 6. The van der Waals surface area contributed by atoms with Crippen molar-refractivity contribution in [1.82, 2.24) is 14.4 Å². The summed E-state index contributed by atoms with van der Waals surface area (Å²) < 4.78 is 36.1. The highest BCUT2D eigenvalue weighted by atomic mass is 32.2. The van der Waals surface area contributed by atoms with Crippen LogP contribution in [0.15, 0.2) is 10.6 Å². The first-order chi connectivity index (χ1) is 11.3. The lowest BCUT2D eigenvalue weighted by molar-refractivity contribution is 0.0351. The summed E-state index contributed by atoms with van der Waals surface area (Å²) in [6.45, 7) is 6.40. The summed E-state index contributed by atoms with van der Waals surface area (Å²) in [6.07, 6.45) is 3.28. The fourth-order valence-electron chi connectivity index (χ4n) is 4.11. The largest absolute Gasteiger partial charge is 0.384 e. The number of ether oxygens (including phenoxy) is 1. The van der Waals surface area contributed by atoms with Crippen LogP contribution in [0.2, 0.25) is 0 Å². The third kappa shape index (κ3) is 3.66. The summed E-state index contributed by atoms with van der Waals surface area (Å²) in [5.74, 6) is 1.10. The fourth-order valence-corrected chi connectivity index (χ4v) is 5.05. The molecule has 1 aromatic rings. The van der Waals surface area contributed by atoms with Crippen LogP contribution in [0.3, 0.4) is 0 Å². The van der Waals surface area contributed by atoms with E-state index >= 15 is 0 Å². The lowest BCUT2D eigenvalue weighted by atomic mass is 9.71. The Morgan fingerprint density at radius 3 is 2.67 bits per heavy atom. The highest BCUT2D eigenvalue weighted by Gasteiger charge is 2.50. The van der Waals surface area contributed by atoms with Crippen molar-refractivity contribution in [2.45, 2.75) is 26.3 Å². The van der Waals surface area contributed by atoms with Crippen molar-refractivity contribution >= 4 is 10.0 Å². The molecular weight excluding hydrogens is 330 g/mol. The molecule has 0 aliphatic carbocycles. The SMILES string of the molecule is COCC1CN(S(C)(=O)=O)CC12CCN(Cc1cc(C)on1)CC2. The monoisotopic (exact) mass is 357 g/mol. The van der Waals surface area contributed by atoms with Crippen LogP contribution in [-0.2, 0) is 21.3 Å². The molecule has 8 heteroatoms. The van der Waals surface area contributed by atoms with Crippen molar-refractivity contribution in [1.29, 1.82) is 0 Å². The molecule has 136 valence electrons. The molecular formula is C16H27N3O4S. The van der Waals surface area contributed by atoms with Gasteiger partial charge < -0.3 is 9.26 Å². The van der Waals surface area contributed by atoms with E-state index in [2.05, 4.69) is 10.1 Å². The molecule has 0 radical (unpaired) electrons. The quantitative estimate of drug-likeness (QED) is 0.786. The van der Waals surface area contributed by atoms with Gasteiger partial charge in [0, 0.05) is 38.7 Å². The molecule has 7 nitrogen and oxygen atoms in total. The third-order valence-electron chi connectivity index (χ3n) is 5.53. The van der Waals surface area contributed by atoms with E-state index in [9.17, 15) is 8.42 Å². The van der Waals surface area contributed by atoms with Gasteiger partial charge in [0.2, 0.25) is 10.0 Å². The topological polar surface area (TPSA) is 75.9 Å². The lowest BCUT2D eigenvalue weighted by Crippen LogP contribution is -2.45. The van der Waals surface area contributed by atoms with Crippen molar-refractivity contribution < 1.29 is 17.7 Å². The first-order valence-corrected chi connectivity index (χ1v) is 10.3. The number of sulfonamides is 1. The minimum atomic E-state index is -3.15. The van der Waals surface area contributed by atoms with Gasteiger partial charge in [-0.1, -0.05) is 5.16 Å². The number of piperidine rings is 1. The Balaban J connectivity index is 1.65. The number of methoxy groups -OCH3 is 1. The Morgan fingerprint density at radius 2 is 2.12 bits per heavy atom. The molecule has 2 saturated heterocycles. The molecule has 3 rings (SSSR count). The summed E-state index contributed by atoms with van der Waals surface area (Å²) in [4.78, 5) is 2.37. The van der Waals surface area contributed by atoms with Crippen LogP contribution < -0.4 is 0 Å². The first kappa shape index (κ1) is 17.8. The number of likely N-dealkylation sites (tertiary alicyclic amines) is 1. The van der Waals surface area contributed by atoms with Crippen molar-refractivity contribution in [3.63, 3.8) is 0 Å². The predicted octanol–water partition coefficient (Wildman–Crippen LogP) is 1.10. The first-order valence-electron chi connectivity index (χ1n) is 8.41. The average molecular weight is 357 g/mol. The molecule has 0 aromatic carbocycles. The maximum Gasteiger partial charge on any atom is 0.211 e. The molecule has 3 heterocycles. The molecule has 24 heavy (non-hydrogen) atoms. The smallest absolute Gasteiger partial charge is 0.211 e. The zero-order valence-corrected chi connectivity index (χ0v) is 15.5. The van der Waals surface area contributed by atoms with Gasteiger partial charge in [-0.05, 0) is 38.3 Å². The van der Waals surface area contributed by atoms with E-state index in [0.717, 1.165) is 43.9 Å². The average Bonchev–Trinajstić information content (AvgIpc) is 3.07. The molecule has 1 spiro atoms. The normalized spacial score (nSPS) is 25.5. The number of nitrogens with zero attached hydrogens (tertiary/aromatic N) is 3. The zero-order chi connectivity index (χ0) is 17.4. The minimum Gasteiger partial charge on any atom is -0.384 e. The van der Waals surface area contributed by atoms with Gasteiger partial charge in [-0.3, -0.25) is 4.90 Å². The highest BCUT2D eigenvalue weighted by Crippen LogP contribution is 2.45. The second kappa shape index (κ2) is 6.74. The summed E-state index contributed by atoms with van der Waals surface area (Å²) >= 11 is 0. The van der Waals surface area contributed by atoms with Crippen LogP contribution in [0, 0.1) is 18.3 Å². The Hall–Kier alpha value is -0.960. The third-order valence-corrected chi connectivity index (χ3v) is 6.75. The molecule has 1 unspecified atom stereocenters. The summed E-state index contributed by atoms with van der Waals surface area (Å²) in [5.41, 5.74) is 0.996. The summed E-state index contributed by atoms with van der Waals surface area (Å²) in [5, 5.41) is 4.06. The standard InChI is InChI=1S/C16H27N3O4S/c1-13-8-15(17-23-13)10-18-6-4-16(5-7-18)12-19(24(3,20)21)9-14(16)11-22-2/h8,14H,4-7,9-12H2,1-3H3. The van der Waals surface area contributed by atoms with E-state index < -0.39 is 10.0 Å². The van der Waals surface area contributed by atoms with Crippen LogP contribution in [0.1, 0.15) is 24.3 Å². The Labute approximate surface area is 144 Å². The second-order valence-electron chi connectivity index (χ2n) is 7.28. The van der Waals surface area contributed by atoms with Gasteiger partial charge in [-0.15, -0.1) is 0 Å². The number of aryl methyl sites for hydroxylation is 1. The van der Waals surface area contributed by atoms with E-state index in [-0.39, 0.29) is 11.3 Å². The molecule has 0 saturated carbocycles. The molecule has 1 atom stereocenters. The highest BCUT2D eigenvalue weighted by molar-refractivity contribution is 7.88. The molecule has 2 fully saturated rings. The van der Waals surface area contributed by atoms with Crippen molar-refractivity contribution in [3.8, 4) is 0 Å². The van der Waals surface area contributed by atoms with Gasteiger partial charge in [-0.2, -0.15) is 0 Å². The molecule has 0 N–H and O–H groups in total. The molecule has 0 bridgehead atoms. The predicted molar refractivity (Wildman–Crippen MR) is 90.0 cm³/mol. The Morgan fingerprint density at radius 1 is 1.42 bits per heavy atom. The van der Waals surface area contributed by atoms with Gasteiger partial charge in [0.1, 0.15) is 5.76 Å². The summed E-state index contributed by atoms with van der Waals surface area (Å²) in [6, 6.07) is 1.97. The van der Waals surface area contributed by atoms with Crippen molar-refractivity contribution in [2.75, 3.05) is 46.2 Å². The van der Waals surface area contributed by atoms with E-state index in [1.165, 1.54) is 6.26 Å². The van der Waals surface area contributed by atoms with E-state index in [4.69, 9.17) is 9.26 Å². The molecule has 2 aliphatic heterocycles. The van der Waals surface area contributed by atoms with Crippen molar-refractivity contribution in [2.24, 2.45) is 11.3 Å². The van der Waals surface area contributed by atoms with Gasteiger partial charge in [-0.25, -0.2) is 12.7 Å². The number of rotatable bonds is 5. The molecule has 0 amide bonds. The van der Waals surface area contributed by atoms with E-state index in [1.807, 2.05) is 13.0 Å². The number of hydrogen-bond donors (Lipinski definition) is 0.